The van der Waals surface area contributed by atoms with Gasteiger partial charge in [-0.1, -0.05) is 0 Å². The lowest BCUT2D eigenvalue weighted by atomic mass is 10.5. The van der Waals surface area contributed by atoms with E-state index in [-0.39, 0.29) is 0 Å². The smallest absolute Gasteiger partial charge is 0.146 e. The summed E-state index contributed by atoms with van der Waals surface area (Å²) >= 11 is 0. The van der Waals surface area contributed by atoms with Crippen LogP contribution >= 0.6 is 0 Å². The highest BCUT2D eigenvalue weighted by Gasteiger charge is 1.98. The number of nitrogens with zero attached hydrogens (tertiary/aromatic N) is 1. The molecule has 0 fully saturated rings. The van der Waals surface area contributed by atoms with Crippen molar-refractivity contribution in [3.8, 4) is 0 Å². The zero-order valence-electron chi connectivity index (χ0n) is 13.0. The second-order valence-electron chi connectivity index (χ2n) is 4.16. The van der Waals surface area contributed by atoms with Gasteiger partial charge in [0.15, 0.2) is 0 Å². The first kappa shape index (κ1) is 19.7. The number of methoxy groups -OCH3 is 2. The molecular formula is C13H29NO6. The minimum absolute atomic E-state index is 0.307. The molecule has 20 heavy (non-hydrogen) atoms. The van der Waals surface area contributed by atoms with Gasteiger partial charge in [-0.2, -0.15) is 0 Å². The van der Waals surface area contributed by atoms with Crippen LogP contribution < -0.4 is 0 Å². The van der Waals surface area contributed by atoms with Crippen LogP contribution in [0.4, 0.5) is 0 Å². The molecule has 0 aromatic heterocycles. The van der Waals surface area contributed by atoms with Crippen LogP contribution in [0.5, 0.6) is 0 Å². The van der Waals surface area contributed by atoms with Crippen molar-refractivity contribution in [1.82, 2.24) is 4.90 Å². The maximum Gasteiger partial charge on any atom is 0.146 e. The molecule has 0 amide bonds. The first-order chi connectivity index (χ1) is 9.81. The van der Waals surface area contributed by atoms with Gasteiger partial charge in [-0.15, -0.1) is 0 Å². The van der Waals surface area contributed by atoms with Gasteiger partial charge in [0, 0.05) is 27.3 Å². The molecule has 0 unspecified atom stereocenters. The van der Waals surface area contributed by atoms with Crippen LogP contribution in [-0.4, -0.2) is 92.5 Å². The zero-order valence-corrected chi connectivity index (χ0v) is 13.0. The fraction of sp³-hybridized carbons (Fsp3) is 1.00. The third-order valence-corrected chi connectivity index (χ3v) is 2.43. The first-order valence-electron chi connectivity index (χ1n) is 6.78. The van der Waals surface area contributed by atoms with E-state index in [1.54, 1.807) is 14.2 Å². The van der Waals surface area contributed by atoms with Crippen molar-refractivity contribution in [3.05, 3.63) is 0 Å². The van der Waals surface area contributed by atoms with Crippen LogP contribution in [0.1, 0.15) is 0 Å². The molecule has 0 aliphatic carbocycles. The van der Waals surface area contributed by atoms with Crippen LogP contribution in [-0.2, 0) is 28.4 Å². The van der Waals surface area contributed by atoms with Gasteiger partial charge in [0.2, 0.25) is 0 Å². The second kappa shape index (κ2) is 16.8. The predicted octanol–water partition coefficient (Wildman–Crippen LogP) is 0.192. The monoisotopic (exact) mass is 295 g/mol. The van der Waals surface area contributed by atoms with Gasteiger partial charge < -0.3 is 33.3 Å². The maximum absolute atomic E-state index is 5.32. The van der Waals surface area contributed by atoms with Crippen LogP contribution in [0.2, 0.25) is 0 Å². The summed E-state index contributed by atoms with van der Waals surface area (Å²) in [4.78, 5) is 2.13. The van der Waals surface area contributed by atoms with E-state index < -0.39 is 0 Å². The van der Waals surface area contributed by atoms with E-state index in [1.165, 1.54) is 0 Å². The SMILES string of the molecule is COCCOCOCCN(C)CCOCOCCOC. The summed E-state index contributed by atoms with van der Waals surface area (Å²) in [6.45, 7) is 5.85. The minimum atomic E-state index is 0.307. The summed E-state index contributed by atoms with van der Waals surface area (Å²) in [7, 11) is 5.30. The molecule has 7 nitrogen and oxygen atoms in total. The normalized spacial score (nSPS) is 11.4. The quantitative estimate of drug-likeness (QED) is 0.298. The lowest BCUT2D eigenvalue weighted by Crippen LogP contribution is -2.27. The molecule has 0 aromatic carbocycles. The van der Waals surface area contributed by atoms with Crippen molar-refractivity contribution in [1.29, 1.82) is 0 Å². The predicted molar refractivity (Wildman–Crippen MR) is 74.8 cm³/mol. The molecule has 0 bridgehead atoms. The molecule has 0 aliphatic rings. The van der Waals surface area contributed by atoms with Gasteiger partial charge in [0.1, 0.15) is 13.6 Å². The summed E-state index contributed by atoms with van der Waals surface area (Å²) in [6.07, 6.45) is 0. The largest absolute Gasteiger partial charge is 0.382 e. The fourth-order valence-electron chi connectivity index (χ4n) is 1.19. The average Bonchev–Trinajstić information content (AvgIpc) is 2.45. The molecule has 0 spiro atoms. The van der Waals surface area contributed by atoms with Crippen molar-refractivity contribution in [2.75, 3.05) is 87.6 Å². The Morgan fingerprint density at radius 3 is 1.40 bits per heavy atom. The third-order valence-electron chi connectivity index (χ3n) is 2.43. The summed E-state index contributed by atoms with van der Waals surface area (Å²) in [5, 5.41) is 0. The van der Waals surface area contributed by atoms with Crippen LogP contribution in [0.3, 0.4) is 0 Å². The molecule has 0 aromatic rings. The number of hydrogen-bond donors (Lipinski definition) is 0. The molecule has 0 heterocycles. The molecule has 0 aliphatic heterocycles. The van der Waals surface area contributed by atoms with Gasteiger partial charge in [-0.05, 0) is 7.05 Å². The maximum atomic E-state index is 5.32. The van der Waals surface area contributed by atoms with E-state index in [0.29, 0.717) is 53.2 Å². The van der Waals surface area contributed by atoms with E-state index in [2.05, 4.69) is 4.90 Å². The zero-order chi connectivity index (χ0) is 14.9. The van der Waals surface area contributed by atoms with Gasteiger partial charge >= 0.3 is 0 Å². The molecule has 0 saturated carbocycles. The number of ether oxygens (including phenoxy) is 6. The average molecular weight is 295 g/mol. The number of hydrogen-bond acceptors (Lipinski definition) is 7. The molecule has 0 atom stereocenters. The highest BCUT2D eigenvalue weighted by atomic mass is 16.7. The van der Waals surface area contributed by atoms with E-state index in [0.717, 1.165) is 13.1 Å². The Morgan fingerprint density at radius 1 is 0.600 bits per heavy atom. The molecule has 7 heteroatoms. The molecule has 0 rings (SSSR count). The topological polar surface area (TPSA) is 58.6 Å². The molecule has 0 radical (unpaired) electrons. The first-order valence-corrected chi connectivity index (χ1v) is 6.78. The highest BCUT2D eigenvalue weighted by molar-refractivity contribution is 4.48. The molecular weight excluding hydrogens is 266 g/mol. The summed E-state index contributed by atoms with van der Waals surface area (Å²) in [5.74, 6) is 0. The minimum Gasteiger partial charge on any atom is -0.382 e. The van der Waals surface area contributed by atoms with Gasteiger partial charge in [0.05, 0.1) is 39.6 Å². The Kier molecular flexibility index (Phi) is 16.5. The second-order valence-corrected chi connectivity index (χ2v) is 4.16. The van der Waals surface area contributed by atoms with Crippen LogP contribution in [0.25, 0.3) is 0 Å². The van der Waals surface area contributed by atoms with Crippen molar-refractivity contribution in [2.45, 2.75) is 0 Å². The summed E-state index contributed by atoms with van der Waals surface area (Å²) < 4.78 is 30.7. The van der Waals surface area contributed by atoms with Crippen molar-refractivity contribution >= 4 is 0 Å². The van der Waals surface area contributed by atoms with Gasteiger partial charge in [-0.3, -0.25) is 0 Å². The Balaban J connectivity index is 3.11. The highest BCUT2D eigenvalue weighted by Crippen LogP contribution is 1.87. The van der Waals surface area contributed by atoms with Gasteiger partial charge in [0.25, 0.3) is 0 Å². The van der Waals surface area contributed by atoms with E-state index >= 15 is 0 Å². The van der Waals surface area contributed by atoms with E-state index in [9.17, 15) is 0 Å². The van der Waals surface area contributed by atoms with E-state index in [4.69, 9.17) is 28.4 Å². The molecule has 0 N–H and O–H groups in total. The number of rotatable bonds is 16. The van der Waals surface area contributed by atoms with Gasteiger partial charge in [-0.25, -0.2) is 0 Å². The van der Waals surface area contributed by atoms with E-state index in [1.807, 2.05) is 7.05 Å². The summed E-state index contributed by atoms with van der Waals surface area (Å²) in [6, 6.07) is 0. The lowest BCUT2D eigenvalue weighted by molar-refractivity contribution is -0.0764. The number of likely N-dealkylation sites (N-methyl/N-ethyl adjacent to an activating group) is 1. The molecule has 122 valence electrons. The Labute approximate surface area is 122 Å². The Bertz CT molecular complexity index is 166. The van der Waals surface area contributed by atoms with Crippen molar-refractivity contribution in [3.63, 3.8) is 0 Å². The van der Waals surface area contributed by atoms with Crippen LogP contribution in [0, 0.1) is 0 Å². The van der Waals surface area contributed by atoms with Crippen molar-refractivity contribution in [2.24, 2.45) is 0 Å². The fourth-order valence-corrected chi connectivity index (χ4v) is 1.19. The summed E-state index contributed by atoms with van der Waals surface area (Å²) in [5.41, 5.74) is 0. The Morgan fingerprint density at radius 2 is 1.00 bits per heavy atom. The Hall–Kier alpha value is -0.280. The third kappa shape index (κ3) is 15.8. The van der Waals surface area contributed by atoms with Crippen LogP contribution in [0.15, 0.2) is 0 Å². The van der Waals surface area contributed by atoms with Crippen molar-refractivity contribution < 1.29 is 28.4 Å². The lowest BCUT2D eigenvalue weighted by Gasteiger charge is -2.16. The standard InChI is InChI=1S/C13H29NO6/c1-14(4-6-17-12-19-10-8-15-2)5-7-18-13-20-11-9-16-3/h4-13H2,1-3H3. The molecule has 0 saturated heterocycles.